The van der Waals surface area contributed by atoms with E-state index in [9.17, 15) is 8.42 Å². The zero-order chi connectivity index (χ0) is 22.3. The number of nitrogens with one attached hydrogen (secondary N) is 2. The van der Waals surface area contributed by atoms with Crippen molar-refractivity contribution in [2.24, 2.45) is 5.92 Å². The van der Waals surface area contributed by atoms with Crippen molar-refractivity contribution in [2.45, 2.75) is 23.3 Å². The molecule has 0 unspecified atom stereocenters. The quantitative estimate of drug-likeness (QED) is 0.454. The number of ether oxygens (including phenoxy) is 1. The van der Waals surface area contributed by atoms with E-state index in [1.807, 2.05) is 24.3 Å². The van der Waals surface area contributed by atoms with E-state index in [1.54, 1.807) is 43.5 Å². The lowest BCUT2D eigenvalue weighted by Gasteiger charge is -2.38. The number of benzene rings is 3. The van der Waals surface area contributed by atoms with Gasteiger partial charge in [0.2, 0.25) is 0 Å². The lowest BCUT2D eigenvalue weighted by atomic mass is 9.77. The molecule has 3 aromatic rings. The summed E-state index contributed by atoms with van der Waals surface area (Å²) in [5, 5.41) is 4.35. The van der Waals surface area contributed by atoms with E-state index in [4.69, 9.17) is 16.3 Å². The summed E-state index contributed by atoms with van der Waals surface area (Å²) in [7, 11) is -2.20. The maximum Gasteiger partial charge on any atom is 0.261 e. The third-order valence-electron chi connectivity index (χ3n) is 6.21. The van der Waals surface area contributed by atoms with Gasteiger partial charge < -0.3 is 10.1 Å². The number of halogens is 1. The number of hydrogen-bond acceptors (Lipinski definition) is 4. The Bertz CT molecular complexity index is 1310. The summed E-state index contributed by atoms with van der Waals surface area (Å²) in [4.78, 5) is 0.233. The van der Waals surface area contributed by atoms with Gasteiger partial charge in [0.15, 0.2) is 0 Å². The highest BCUT2D eigenvalue weighted by Gasteiger charge is 2.39. The molecular formula is C25H23ClN2O3S. The lowest BCUT2D eigenvalue weighted by Crippen LogP contribution is -2.29. The smallest absolute Gasteiger partial charge is 0.261 e. The summed E-state index contributed by atoms with van der Waals surface area (Å²) in [5.74, 6) is 0.982. The minimum atomic E-state index is -3.75. The zero-order valence-electron chi connectivity index (χ0n) is 17.5. The summed E-state index contributed by atoms with van der Waals surface area (Å²) in [6, 6.07) is 20.1. The van der Waals surface area contributed by atoms with Crippen LogP contribution in [0.15, 0.2) is 83.8 Å². The molecule has 1 aliphatic heterocycles. The molecule has 7 heteroatoms. The molecular weight excluding hydrogens is 444 g/mol. The number of allylic oxidation sites excluding steroid dienone is 2. The van der Waals surface area contributed by atoms with Gasteiger partial charge >= 0.3 is 0 Å². The molecule has 5 nitrogen and oxygen atoms in total. The molecule has 3 atom stereocenters. The molecule has 0 saturated carbocycles. The SMILES string of the molecule is COc1cccc(NS(=O)(=O)c2ccc3c(c2)[C@@H]2C=CC[C@@H]2[C@@H](c2ccccc2Cl)N3)c1. The van der Waals surface area contributed by atoms with Gasteiger partial charge in [0, 0.05) is 22.7 Å². The molecule has 3 aromatic carbocycles. The van der Waals surface area contributed by atoms with Gasteiger partial charge in [0.1, 0.15) is 5.75 Å². The number of hydrogen-bond donors (Lipinski definition) is 2. The number of anilines is 2. The van der Waals surface area contributed by atoms with Crippen molar-refractivity contribution in [3.63, 3.8) is 0 Å². The monoisotopic (exact) mass is 466 g/mol. The fraction of sp³-hybridized carbons (Fsp3) is 0.200. The highest BCUT2D eigenvalue weighted by atomic mass is 35.5. The first kappa shape index (κ1) is 20.9. The summed E-state index contributed by atoms with van der Waals surface area (Å²) in [5.41, 5.74) is 3.44. The van der Waals surface area contributed by atoms with E-state index in [0.29, 0.717) is 11.4 Å². The standard InChI is InChI=1S/C25H23ClN2O3S/c1-31-17-7-4-6-16(14-17)28-32(29,30)18-12-13-24-22(15-18)19-9-5-10-20(19)25(27-24)21-8-2-3-11-23(21)26/h2-9,11-15,19-20,25,27-28H,10H2,1H3/t19-,20+,25+/m1/s1. The average molecular weight is 467 g/mol. The van der Waals surface area contributed by atoms with E-state index >= 15 is 0 Å². The molecule has 2 N–H and O–H groups in total. The molecule has 0 amide bonds. The van der Waals surface area contributed by atoms with Gasteiger partial charge in [-0.2, -0.15) is 0 Å². The predicted molar refractivity (Wildman–Crippen MR) is 128 cm³/mol. The first-order chi connectivity index (χ1) is 15.5. The Morgan fingerprint density at radius 3 is 2.69 bits per heavy atom. The van der Waals surface area contributed by atoms with Gasteiger partial charge in [-0.1, -0.05) is 48.0 Å². The molecule has 2 aliphatic rings. The van der Waals surface area contributed by atoms with Crippen LogP contribution in [0.25, 0.3) is 0 Å². The summed E-state index contributed by atoms with van der Waals surface area (Å²) < 4.78 is 34.0. The Morgan fingerprint density at radius 2 is 1.88 bits per heavy atom. The van der Waals surface area contributed by atoms with Crippen LogP contribution in [0.4, 0.5) is 11.4 Å². The van der Waals surface area contributed by atoms with Crippen LogP contribution in [0, 0.1) is 5.92 Å². The molecule has 164 valence electrons. The summed E-state index contributed by atoms with van der Waals surface area (Å²) >= 11 is 6.50. The van der Waals surface area contributed by atoms with Crippen molar-refractivity contribution < 1.29 is 13.2 Å². The Balaban J connectivity index is 1.49. The Morgan fingerprint density at radius 1 is 1.03 bits per heavy atom. The lowest BCUT2D eigenvalue weighted by molar-refractivity contribution is 0.415. The number of sulfonamides is 1. The largest absolute Gasteiger partial charge is 0.497 e. The predicted octanol–water partition coefficient (Wildman–Crippen LogP) is 5.98. The van der Waals surface area contributed by atoms with Crippen molar-refractivity contribution in [1.29, 1.82) is 0 Å². The molecule has 0 spiro atoms. The second kappa shape index (κ2) is 8.19. The Labute approximate surface area is 193 Å². The third-order valence-corrected chi connectivity index (χ3v) is 7.93. The summed E-state index contributed by atoms with van der Waals surface area (Å²) in [6.45, 7) is 0. The fourth-order valence-electron chi connectivity index (χ4n) is 4.68. The highest BCUT2D eigenvalue weighted by Crippen LogP contribution is 2.51. The first-order valence-corrected chi connectivity index (χ1v) is 12.3. The third kappa shape index (κ3) is 3.74. The Kier molecular flexibility index (Phi) is 5.35. The molecule has 1 aliphatic carbocycles. The summed E-state index contributed by atoms with van der Waals surface area (Å²) in [6.07, 6.45) is 5.26. The number of fused-ring (bicyclic) bond motifs is 3. The van der Waals surface area contributed by atoms with Crippen molar-refractivity contribution in [2.75, 3.05) is 17.1 Å². The van der Waals surface area contributed by atoms with Gasteiger partial charge in [0.05, 0.1) is 23.7 Å². The van der Waals surface area contributed by atoms with E-state index in [2.05, 4.69) is 28.3 Å². The van der Waals surface area contributed by atoms with E-state index in [-0.39, 0.29) is 22.8 Å². The zero-order valence-corrected chi connectivity index (χ0v) is 19.0. The molecule has 0 fully saturated rings. The van der Waals surface area contributed by atoms with Crippen LogP contribution in [0.2, 0.25) is 5.02 Å². The van der Waals surface area contributed by atoms with Crippen LogP contribution >= 0.6 is 11.6 Å². The highest BCUT2D eigenvalue weighted by molar-refractivity contribution is 7.92. The van der Waals surface area contributed by atoms with Crippen molar-refractivity contribution >= 4 is 33.0 Å². The van der Waals surface area contributed by atoms with Crippen LogP contribution in [0.5, 0.6) is 5.75 Å². The maximum absolute atomic E-state index is 13.1. The van der Waals surface area contributed by atoms with Crippen LogP contribution in [-0.2, 0) is 10.0 Å². The van der Waals surface area contributed by atoms with Gasteiger partial charge in [-0.05, 0) is 59.9 Å². The molecule has 0 bridgehead atoms. The van der Waals surface area contributed by atoms with Gasteiger partial charge in [-0.15, -0.1) is 0 Å². The minimum Gasteiger partial charge on any atom is -0.497 e. The van der Waals surface area contributed by atoms with E-state index in [0.717, 1.165) is 28.3 Å². The Hall–Kier alpha value is -2.96. The van der Waals surface area contributed by atoms with E-state index < -0.39 is 10.0 Å². The number of rotatable bonds is 5. The minimum absolute atomic E-state index is 0.0635. The van der Waals surface area contributed by atoms with Gasteiger partial charge in [-0.3, -0.25) is 4.72 Å². The van der Waals surface area contributed by atoms with Crippen LogP contribution in [0.1, 0.15) is 29.5 Å². The molecule has 0 radical (unpaired) electrons. The second-order valence-electron chi connectivity index (χ2n) is 8.08. The maximum atomic E-state index is 13.1. The second-order valence-corrected chi connectivity index (χ2v) is 10.2. The number of methoxy groups -OCH3 is 1. The molecule has 1 heterocycles. The van der Waals surface area contributed by atoms with Crippen LogP contribution in [0.3, 0.4) is 0 Å². The van der Waals surface area contributed by atoms with Crippen molar-refractivity contribution in [3.8, 4) is 5.75 Å². The van der Waals surface area contributed by atoms with Crippen molar-refractivity contribution in [3.05, 3.63) is 95.0 Å². The van der Waals surface area contributed by atoms with Crippen LogP contribution in [-0.4, -0.2) is 15.5 Å². The molecule has 5 rings (SSSR count). The topological polar surface area (TPSA) is 67.4 Å². The average Bonchev–Trinajstić information content (AvgIpc) is 3.29. The van der Waals surface area contributed by atoms with E-state index in [1.165, 1.54) is 0 Å². The molecule has 0 aromatic heterocycles. The van der Waals surface area contributed by atoms with Gasteiger partial charge in [0.25, 0.3) is 10.0 Å². The molecule has 0 saturated heterocycles. The normalized spacial score (nSPS) is 21.4. The fourth-order valence-corrected chi connectivity index (χ4v) is 6.01. The van der Waals surface area contributed by atoms with Crippen LogP contribution < -0.4 is 14.8 Å². The van der Waals surface area contributed by atoms with Crippen molar-refractivity contribution in [1.82, 2.24) is 0 Å². The molecule has 32 heavy (non-hydrogen) atoms. The van der Waals surface area contributed by atoms with Gasteiger partial charge in [-0.25, -0.2) is 8.42 Å². The first-order valence-electron chi connectivity index (χ1n) is 10.4.